The van der Waals surface area contributed by atoms with E-state index < -0.39 is 6.10 Å². The first-order valence-electron chi connectivity index (χ1n) is 12.0. The van der Waals surface area contributed by atoms with Crippen LogP contribution in [0.4, 0.5) is 5.82 Å². The van der Waals surface area contributed by atoms with Crippen LogP contribution in [0, 0.1) is 5.92 Å². The summed E-state index contributed by atoms with van der Waals surface area (Å²) in [6.07, 6.45) is 6.53. The highest BCUT2D eigenvalue weighted by atomic mass is 79.9. The van der Waals surface area contributed by atoms with E-state index in [0.717, 1.165) is 58.2 Å². The summed E-state index contributed by atoms with van der Waals surface area (Å²) >= 11 is 3.67. The molecule has 0 aliphatic heterocycles. The normalized spacial score (nSPS) is 18.8. The third kappa shape index (κ3) is 4.49. The third-order valence-corrected chi connectivity index (χ3v) is 7.88. The number of hydrogen-bond acceptors (Lipinski definition) is 7. The first-order chi connectivity index (χ1) is 17.5. The number of ether oxygens (including phenoxy) is 2. The van der Waals surface area contributed by atoms with Crippen molar-refractivity contribution in [2.75, 3.05) is 20.0 Å². The van der Waals surface area contributed by atoms with Crippen LogP contribution in [0.5, 0.6) is 0 Å². The van der Waals surface area contributed by atoms with Crippen molar-refractivity contribution in [1.82, 2.24) is 19.6 Å². The SMILES string of the molecule is COC(=O)C(OC)C1CCC(c2nc3c(-c4ccc(-c5ccccc5)nc4)cnn3c(N)c2Br)CC1. The molecule has 4 aromatic rings. The molecule has 1 unspecified atom stereocenters. The average Bonchev–Trinajstić information content (AvgIpc) is 3.36. The third-order valence-electron chi connectivity index (χ3n) is 7.07. The number of methoxy groups -OCH3 is 2. The summed E-state index contributed by atoms with van der Waals surface area (Å²) in [6, 6.07) is 14.1. The van der Waals surface area contributed by atoms with E-state index in [9.17, 15) is 4.79 Å². The van der Waals surface area contributed by atoms with Crippen molar-refractivity contribution in [3.8, 4) is 22.4 Å². The Hall–Kier alpha value is -3.30. The molecule has 1 atom stereocenters. The number of nitrogens with zero attached hydrogens (tertiary/aromatic N) is 4. The summed E-state index contributed by atoms with van der Waals surface area (Å²) in [4.78, 5) is 21.8. The fourth-order valence-corrected chi connectivity index (χ4v) is 5.69. The van der Waals surface area contributed by atoms with Gasteiger partial charge in [0.1, 0.15) is 5.82 Å². The number of nitrogens with two attached hydrogens (primary N) is 1. The van der Waals surface area contributed by atoms with Crippen molar-refractivity contribution < 1.29 is 14.3 Å². The largest absolute Gasteiger partial charge is 0.467 e. The number of aromatic nitrogens is 4. The molecule has 36 heavy (non-hydrogen) atoms. The number of carbonyl (C=O) groups is 1. The maximum atomic E-state index is 12.1. The van der Waals surface area contributed by atoms with Gasteiger partial charge in [-0.3, -0.25) is 4.98 Å². The molecule has 3 heterocycles. The molecule has 8 nitrogen and oxygen atoms in total. The monoisotopic (exact) mass is 549 g/mol. The number of benzene rings is 1. The molecule has 1 aliphatic rings. The molecule has 0 amide bonds. The van der Waals surface area contributed by atoms with Gasteiger partial charge >= 0.3 is 5.97 Å². The van der Waals surface area contributed by atoms with Crippen LogP contribution in [0.3, 0.4) is 0 Å². The highest BCUT2D eigenvalue weighted by molar-refractivity contribution is 9.10. The minimum absolute atomic E-state index is 0.123. The highest BCUT2D eigenvalue weighted by Gasteiger charge is 2.34. The summed E-state index contributed by atoms with van der Waals surface area (Å²) in [7, 11) is 2.95. The Kier molecular flexibility index (Phi) is 7.02. The van der Waals surface area contributed by atoms with Crippen molar-refractivity contribution >= 4 is 33.4 Å². The zero-order valence-electron chi connectivity index (χ0n) is 20.2. The highest BCUT2D eigenvalue weighted by Crippen LogP contribution is 2.42. The van der Waals surface area contributed by atoms with Crippen LogP contribution in [0.15, 0.2) is 59.3 Å². The maximum absolute atomic E-state index is 12.1. The van der Waals surface area contributed by atoms with Crippen molar-refractivity contribution in [2.24, 2.45) is 5.92 Å². The van der Waals surface area contributed by atoms with Crippen LogP contribution < -0.4 is 5.73 Å². The molecule has 3 aromatic heterocycles. The Labute approximate surface area is 218 Å². The molecule has 0 radical (unpaired) electrons. The van der Waals surface area contributed by atoms with Gasteiger partial charge in [-0.15, -0.1) is 0 Å². The molecule has 2 N–H and O–H groups in total. The minimum atomic E-state index is -0.535. The van der Waals surface area contributed by atoms with Gasteiger partial charge in [0, 0.05) is 35.9 Å². The summed E-state index contributed by atoms with van der Waals surface area (Å²) < 4.78 is 12.8. The van der Waals surface area contributed by atoms with Gasteiger partial charge in [-0.25, -0.2) is 9.78 Å². The number of halogens is 1. The summed E-state index contributed by atoms with van der Waals surface area (Å²) in [6.45, 7) is 0. The average molecular weight is 550 g/mol. The van der Waals surface area contributed by atoms with Crippen LogP contribution in [0.2, 0.25) is 0 Å². The van der Waals surface area contributed by atoms with E-state index in [4.69, 9.17) is 20.2 Å². The van der Waals surface area contributed by atoms with Gasteiger partial charge in [0.2, 0.25) is 0 Å². The zero-order chi connectivity index (χ0) is 25.2. The maximum Gasteiger partial charge on any atom is 0.335 e. The lowest BCUT2D eigenvalue weighted by molar-refractivity contribution is -0.156. The van der Waals surface area contributed by atoms with Crippen molar-refractivity contribution in [3.05, 3.63) is 65.0 Å². The van der Waals surface area contributed by atoms with Crippen LogP contribution in [-0.4, -0.2) is 45.9 Å². The lowest BCUT2D eigenvalue weighted by atomic mass is 9.78. The molecule has 0 saturated heterocycles. The van der Waals surface area contributed by atoms with Gasteiger partial charge in [0.15, 0.2) is 11.8 Å². The minimum Gasteiger partial charge on any atom is -0.467 e. The van der Waals surface area contributed by atoms with E-state index in [1.165, 1.54) is 7.11 Å². The van der Waals surface area contributed by atoms with Gasteiger partial charge in [-0.05, 0) is 53.6 Å². The van der Waals surface area contributed by atoms with Gasteiger partial charge in [0.25, 0.3) is 0 Å². The Morgan fingerprint density at radius 1 is 1.06 bits per heavy atom. The van der Waals surface area contributed by atoms with E-state index in [0.29, 0.717) is 11.5 Å². The van der Waals surface area contributed by atoms with E-state index in [2.05, 4.69) is 26.0 Å². The molecule has 0 bridgehead atoms. The van der Waals surface area contributed by atoms with Gasteiger partial charge in [0.05, 0.1) is 29.2 Å². The molecule has 9 heteroatoms. The van der Waals surface area contributed by atoms with Crippen molar-refractivity contribution in [2.45, 2.75) is 37.7 Å². The van der Waals surface area contributed by atoms with Crippen LogP contribution in [-0.2, 0) is 14.3 Å². The second-order valence-corrected chi connectivity index (χ2v) is 9.87. The summed E-state index contributed by atoms with van der Waals surface area (Å²) in [5.41, 5.74) is 11.9. The van der Waals surface area contributed by atoms with Crippen molar-refractivity contribution in [1.29, 1.82) is 0 Å². The molecule has 5 rings (SSSR count). The van der Waals surface area contributed by atoms with Crippen molar-refractivity contribution in [3.63, 3.8) is 0 Å². The number of nitrogen functional groups attached to an aromatic ring is 1. The predicted molar refractivity (Wildman–Crippen MR) is 141 cm³/mol. The topological polar surface area (TPSA) is 105 Å². The number of hydrogen-bond donors (Lipinski definition) is 1. The predicted octanol–water partition coefficient (Wildman–Crippen LogP) is 5.26. The number of anilines is 1. The van der Waals surface area contributed by atoms with E-state index in [1.807, 2.05) is 48.7 Å². The second-order valence-electron chi connectivity index (χ2n) is 9.08. The van der Waals surface area contributed by atoms with E-state index >= 15 is 0 Å². The lowest BCUT2D eigenvalue weighted by Gasteiger charge is -2.32. The second kappa shape index (κ2) is 10.4. The molecule has 0 spiro atoms. The smallest absolute Gasteiger partial charge is 0.335 e. The number of rotatable bonds is 6. The first-order valence-corrected chi connectivity index (χ1v) is 12.8. The molecule has 186 valence electrons. The number of carbonyl (C=O) groups excluding carboxylic acids is 1. The Bertz CT molecular complexity index is 1370. The Balaban J connectivity index is 1.43. The summed E-state index contributed by atoms with van der Waals surface area (Å²) in [5.74, 6) is 0.529. The van der Waals surface area contributed by atoms with Crippen LogP contribution in [0.25, 0.3) is 28.0 Å². The molecule has 1 aliphatic carbocycles. The molecule has 1 fully saturated rings. The Morgan fingerprint density at radius 2 is 1.81 bits per heavy atom. The molecular formula is C27H28BrN5O3. The summed E-state index contributed by atoms with van der Waals surface area (Å²) in [5, 5.41) is 4.50. The number of fused-ring (bicyclic) bond motifs is 1. The Morgan fingerprint density at radius 3 is 2.44 bits per heavy atom. The van der Waals surface area contributed by atoms with E-state index in [-0.39, 0.29) is 17.8 Å². The molecular weight excluding hydrogens is 522 g/mol. The molecule has 1 saturated carbocycles. The lowest BCUT2D eigenvalue weighted by Crippen LogP contribution is -2.35. The molecule has 1 aromatic carbocycles. The van der Waals surface area contributed by atoms with Gasteiger partial charge < -0.3 is 15.2 Å². The standard InChI is InChI=1S/C27H28BrN5O3/c1-35-24(27(34)36-2)18-10-8-17(9-11-18)23-22(28)25(29)33-26(32-23)20(15-31-33)19-12-13-21(30-14-19)16-6-4-3-5-7-16/h3-7,12-15,17-18,24H,8-11,29H2,1-2H3. The van der Waals surface area contributed by atoms with Gasteiger partial charge in [-0.1, -0.05) is 36.4 Å². The van der Waals surface area contributed by atoms with Crippen LogP contribution in [0.1, 0.15) is 37.3 Å². The van der Waals surface area contributed by atoms with Crippen LogP contribution >= 0.6 is 15.9 Å². The van der Waals surface area contributed by atoms with E-state index in [1.54, 1.807) is 17.8 Å². The fraction of sp³-hybridized carbons (Fsp3) is 0.333. The van der Waals surface area contributed by atoms with Gasteiger partial charge in [-0.2, -0.15) is 9.61 Å². The number of pyridine rings is 1. The zero-order valence-corrected chi connectivity index (χ0v) is 21.8. The fourth-order valence-electron chi connectivity index (χ4n) is 5.11. The quantitative estimate of drug-likeness (QED) is 0.327. The first kappa shape index (κ1) is 24.4. The number of esters is 1.